The van der Waals surface area contributed by atoms with Gasteiger partial charge in [-0.3, -0.25) is 19.8 Å². The van der Waals surface area contributed by atoms with E-state index in [1.54, 1.807) is 0 Å². The van der Waals surface area contributed by atoms with Crippen LogP contribution < -0.4 is 5.43 Å². The molecule has 5 nitrogen and oxygen atoms in total. The van der Waals surface area contributed by atoms with Crippen LogP contribution in [0.15, 0.2) is 38.0 Å². The Labute approximate surface area is 81.4 Å². The molecule has 0 unspecified atom stereocenters. The summed E-state index contributed by atoms with van der Waals surface area (Å²) in [5.74, 6) is -2.16. The Bertz CT molecular complexity index is 287. The molecule has 0 aromatic rings. The Balaban J connectivity index is 4.72. The van der Waals surface area contributed by atoms with Gasteiger partial charge in [0.2, 0.25) is 0 Å². The summed E-state index contributed by atoms with van der Waals surface area (Å²) in [4.78, 5) is 32.9. The van der Waals surface area contributed by atoms with Crippen LogP contribution in [0.25, 0.3) is 0 Å². The maximum Gasteiger partial charge on any atom is 0.271 e. The zero-order valence-corrected chi connectivity index (χ0v) is 7.53. The van der Waals surface area contributed by atoms with Gasteiger partial charge in [0.1, 0.15) is 0 Å². The third-order valence-corrected chi connectivity index (χ3v) is 1.20. The van der Waals surface area contributed by atoms with E-state index in [0.29, 0.717) is 5.01 Å². The van der Waals surface area contributed by atoms with Gasteiger partial charge in [0.25, 0.3) is 17.7 Å². The number of rotatable bonds is 3. The van der Waals surface area contributed by atoms with E-state index in [2.05, 4.69) is 19.7 Å². The van der Waals surface area contributed by atoms with Crippen molar-refractivity contribution >= 4 is 17.7 Å². The third kappa shape index (κ3) is 3.06. The maximum atomic E-state index is 11.1. The Hall–Kier alpha value is -2.17. The van der Waals surface area contributed by atoms with Crippen LogP contribution in [0.2, 0.25) is 0 Å². The summed E-state index contributed by atoms with van der Waals surface area (Å²) in [6.45, 7) is 9.52. The molecule has 1 N–H and O–H groups in total. The van der Waals surface area contributed by atoms with Crippen molar-refractivity contribution < 1.29 is 14.4 Å². The van der Waals surface area contributed by atoms with Gasteiger partial charge < -0.3 is 0 Å². The summed E-state index contributed by atoms with van der Waals surface area (Å²) in [6, 6.07) is 0. The Kier molecular flexibility index (Phi) is 4.62. The molecular formula is C9H10N2O3. The molecule has 0 saturated carbocycles. The van der Waals surface area contributed by atoms with Crippen molar-refractivity contribution in [2.24, 2.45) is 0 Å². The largest absolute Gasteiger partial charge is 0.271 e. The molecule has 0 heterocycles. The summed E-state index contributed by atoms with van der Waals surface area (Å²) in [5.41, 5.74) is 2.00. The number of amides is 3. The number of nitrogens with one attached hydrogen (secondary N) is 1. The number of imide groups is 1. The van der Waals surface area contributed by atoms with Crippen LogP contribution >= 0.6 is 0 Å². The topological polar surface area (TPSA) is 66.5 Å². The fourth-order valence-corrected chi connectivity index (χ4v) is 0.557. The number of carbonyl (C=O) groups excluding carboxylic acids is 3. The molecule has 0 fully saturated rings. The minimum Gasteiger partial charge on any atom is -0.268 e. The van der Waals surface area contributed by atoms with Gasteiger partial charge in [-0.15, -0.1) is 0 Å². The zero-order chi connectivity index (χ0) is 11.1. The van der Waals surface area contributed by atoms with E-state index in [-0.39, 0.29) is 0 Å². The average Bonchev–Trinajstić information content (AvgIpc) is 2.23. The highest BCUT2D eigenvalue weighted by Gasteiger charge is 2.17. The third-order valence-electron chi connectivity index (χ3n) is 1.20. The van der Waals surface area contributed by atoms with Crippen molar-refractivity contribution in [2.75, 3.05) is 0 Å². The highest BCUT2D eigenvalue weighted by molar-refractivity contribution is 6.06. The fourth-order valence-electron chi connectivity index (χ4n) is 0.557. The smallest absolute Gasteiger partial charge is 0.268 e. The SMILES string of the molecule is C=CC(=O)NN(C(=O)C=C)C(=O)C=C. The van der Waals surface area contributed by atoms with Crippen LogP contribution in [0.1, 0.15) is 0 Å². The molecule has 0 aromatic carbocycles. The molecule has 0 aliphatic heterocycles. The molecule has 3 amide bonds. The molecular weight excluding hydrogens is 184 g/mol. The molecule has 5 heteroatoms. The summed E-state index contributed by atoms with van der Waals surface area (Å²) >= 11 is 0. The van der Waals surface area contributed by atoms with Crippen molar-refractivity contribution in [3.63, 3.8) is 0 Å². The summed E-state index contributed by atoms with van der Waals surface area (Å²) in [7, 11) is 0. The molecule has 0 spiro atoms. The lowest BCUT2D eigenvalue weighted by Crippen LogP contribution is -2.47. The lowest BCUT2D eigenvalue weighted by molar-refractivity contribution is -0.146. The number of hydrogen-bond donors (Lipinski definition) is 1. The Morgan fingerprint density at radius 1 is 0.929 bits per heavy atom. The average molecular weight is 194 g/mol. The predicted molar refractivity (Wildman–Crippen MR) is 50.6 cm³/mol. The Morgan fingerprint density at radius 3 is 1.64 bits per heavy atom. The first-order chi connectivity index (χ1) is 6.56. The van der Waals surface area contributed by atoms with E-state index < -0.39 is 17.7 Å². The van der Waals surface area contributed by atoms with Crippen molar-refractivity contribution in [3.05, 3.63) is 38.0 Å². The highest BCUT2D eigenvalue weighted by Crippen LogP contribution is 1.89. The van der Waals surface area contributed by atoms with Gasteiger partial charge in [-0.2, -0.15) is 5.01 Å². The second kappa shape index (κ2) is 5.47. The molecule has 74 valence electrons. The predicted octanol–water partition coefficient (Wildman–Crippen LogP) is -0.0692. The van der Waals surface area contributed by atoms with Crippen molar-refractivity contribution in [2.45, 2.75) is 0 Å². The quantitative estimate of drug-likeness (QED) is 0.505. The normalized spacial score (nSPS) is 8.29. The molecule has 0 rings (SSSR count). The van der Waals surface area contributed by atoms with E-state index in [9.17, 15) is 14.4 Å². The van der Waals surface area contributed by atoms with Crippen molar-refractivity contribution in [3.8, 4) is 0 Å². The summed E-state index contributed by atoms with van der Waals surface area (Å²) in [6.07, 6.45) is 2.72. The van der Waals surface area contributed by atoms with Gasteiger partial charge in [0.15, 0.2) is 0 Å². The van der Waals surface area contributed by atoms with Gasteiger partial charge in [-0.25, -0.2) is 0 Å². The zero-order valence-electron chi connectivity index (χ0n) is 7.53. The second-order valence-corrected chi connectivity index (χ2v) is 2.10. The lowest BCUT2D eigenvalue weighted by atomic mass is 10.5. The second-order valence-electron chi connectivity index (χ2n) is 2.10. The first-order valence-electron chi connectivity index (χ1n) is 3.62. The van der Waals surface area contributed by atoms with Gasteiger partial charge in [0, 0.05) is 0 Å². The van der Waals surface area contributed by atoms with E-state index in [1.165, 1.54) is 0 Å². The van der Waals surface area contributed by atoms with Crippen LogP contribution in [0.5, 0.6) is 0 Å². The fraction of sp³-hybridized carbons (Fsp3) is 0. The van der Waals surface area contributed by atoms with Crippen LogP contribution in [-0.4, -0.2) is 22.7 Å². The van der Waals surface area contributed by atoms with Crippen LogP contribution in [-0.2, 0) is 14.4 Å². The first kappa shape index (κ1) is 11.8. The molecule has 0 radical (unpaired) electrons. The maximum absolute atomic E-state index is 11.1. The molecule has 0 bridgehead atoms. The van der Waals surface area contributed by atoms with Gasteiger partial charge in [-0.05, 0) is 18.2 Å². The molecule has 0 aliphatic rings. The minimum absolute atomic E-state index is 0.490. The van der Waals surface area contributed by atoms with Gasteiger partial charge >= 0.3 is 0 Å². The summed E-state index contributed by atoms with van der Waals surface area (Å²) in [5, 5.41) is 0.490. The van der Waals surface area contributed by atoms with Crippen LogP contribution in [0, 0.1) is 0 Å². The van der Waals surface area contributed by atoms with Gasteiger partial charge in [-0.1, -0.05) is 19.7 Å². The Morgan fingerprint density at radius 2 is 1.36 bits per heavy atom. The first-order valence-corrected chi connectivity index (χ1v) is 3.62. The number of nitrogens with zero attached hydrogens (tertiary/aromatic N) is 1. The number of hydrogen-bond acceptors (Lipinski definition) is 3. The molecule has 0 aliphatic carbocycles. The molecule has 0 aromatic heterocycles. The minimum atomic E-state index is -0.745. The van der Waals surface area contributed by atoms with Gasteiger partial charge in [0.05, 0.1) is 0 Å². The standard InChI is InChI=1S/C9H10N2O3/c1-4-7(12)10-11(8(13)5-2)9(14)6-3/h4-6H,1-3H2,(H,10,12). The monoisotopic (exact) mass is 194 g/mol. The lowest BCUT2D eigenvalue weighted by Gasteiger charge is -2.16. The van der Waals surface area contributed by atoms with E-state index in [1.807, 2.05) is 5.43 Å². The molecule has 14 heavy (non-hydrogen) atoms. The molecule has 0 atom stereocenters. The van der Waals surface area contributed by atoms with Crippen LogP contribution in [0.3, 0.4) is 0 Å². The van der Waals surface area contributed by atoms with E-state index >= 15 is 0 Å². The molecule has 0 saturated heterocycles. The highest BCUT2D eigenvalue weighted by atomic mass is 16.2. The van der Waals surface area contributed by atoms with Crippen molar-refractivity contribution in [1.82, 2.24) is 10.4 Å². The summed E-state index contributed by atoms with van der Waals surface area (Å²) < 4.78 is 0. The van der Waals surface area contributed by atoms with Crippen LogP contribution in [0.4, 0.5) is 0 Å². The van der Waals surface area contributed by atoms with Crippen molar-refractivity contribution in [1.29, 1.82) is 0 Å². The van der Waals surface area contributed by atoms with E-state index in [4.69, 9.17) is 0 Å². The number of carbonyl (C=O) groups is 3. The number of hydrazine groups is 1. The van der Waals surface area contributed by atoms with E-state index in [0.717, 1.165) is 18.2 Å².